The van der Waals surface area contributed by atoms with Crippen molar-refractivity contribution in [2.45, 2.75) is 24.4 Å². The minimum absolute atomic E-state index is 0.299. The van der Waals surface area contributed by atoms with Crippen molar-refractivity contribution in [2.75, 3.05) is 18.6 Å². The molecule has 1 aliphatic rings. The summed E-state index contributed by atoms with van der Waals surface area (Å²) in [5.41, 5.74) is 0.299. The number of aliphatic hydroxyl groups excluding tert-OH is 3. The van der Waals surface area contributed by atoms with E-state index in [1.165, 1.54) is 31.3 Å². The van der Waals surface area contributed by atoms with Crippen molar-refractivity contribution in [2.24, 2.45) is 0 Å². The average Bonchev–Trinajstić information content (AvgIpc) is 2.73. The molecule has 1 aromatic rings. The lowest BCUT2D eigenvalue weighted by Crippen LogP contribution is -2.43. The number of amides is 1. The van der Waals surface area contributed by atoms with Crippen LogP contribution in [0.15, 0.2) is 24.3 Å². The van der Waals surface area contributed by atoms with E-state index < -0.39 is 42.7 Å². The number of ether oxygens (including phenoxy) is 1. The number of carbonyl (C=O) groups excluding carboxylic acids is 1. The topological polar surface area (TPSA) is 90.2 Å². The van der Waals surface area contributed by atoms with Gasteiger partial charge in [0.25, 0.3) is 5.91 Å². The second kappa shape index (κ2) is 5.84. The van der Waals surface area contributed by atoms with Crippen LogP contribution in [-0.4, -0.2) is 59.3 Å². The maximum Gasteiger partial charge on any atom is 0.258 e. The highest BCUT2D eigenvalue weighted by atomic mass is 19.1. The van der Waals surface area contributed by atoms with Crippen LogP contribution in [0.2, 0.25) is 0 Å². The Hall–Kier alpha value is -1.54. The largest absolute Gasteiger partial charge is 0.394 e. The number of hydrogen-bond donors (Lipinski definition) is 3. The summed E-state index contributed by atoms with van der Waals surface area (Å²) in [5, 5.41) is 28.4. The van der Waals surface area contributed by atoms with Crippen molar-refractivity contribution in [3.8, 4) is 0 Å². The Bertz CT molecular complexity index is 497. The molecule has 4 atom stereocenters. The summed E-state index contributed by atoms with van der Waals surface area (Å²) >= 11 is 0. The first-order valence-corrected chi connectivity index (χ1v) is 6.11. The van der Waals surface area contributed by atoms with Gasteiger partial charge in [0.15, 0.2) is 6.10 Å². The molecule has 6 nitrogen and oxygen atoms in total. The summed E-state index contributed by atoms with van der Waals surface area (Å²) in [6.45, 7) is -0.508. The number of likely N-dealkylation sites (N-methyl/N-ethyl adjacent to an activating group) is 1. The summed E-state index contributed by atoms with van der Waals surface area (Å²) in [5.74, 6) is -1.12. The Balaban J connectivity index is 2.15. The van der Waals surface area contributed by atoms with E-state index in [9.17, 15) is 19.4 Å². The van der Waals surface area contributed by atoms with Crippen LogP contribution in [0.25, 0.3) is 0 Å². The van der Waals surface area contributed by atoms with Crippen LogP contribution in [0.4, 0.5) is 10.1 Å². The fourth-order valence-electron chi connectivity index (χ4n) is 2.11. The molecule has 1 amide bonds. The van der Waals surface area contributed by atoms with Gasteiger partial charge in [-0.15, -0.1) is 0 Å². The first-order valence-electron chi connectivity index (χ1n) is 6.11. The van der Waals surface area contributed by atoms with Gasteiger partial charge in [-0.05, 0) is 18.2 Å². The van der Waals surface area contributed by atoms with E-state index in [4.69, 9.17) is 9.84 Å². The van der Waals surface area contributed by atoms with Crippen LogP contribution >= 0.6 is 0 Å². The van der Waals surface area contributed by atoms with Gasteiger partial charge in [0.05, 0.1) is 6.61 Å². The number of aliphatic hydroxyl groups is 3. The Morgan fingerprint density at radius 1 is 1.40 bits per heavy atom. The van der Waals surface area contributed by atoms with Gasteiger partial charge in [0.1, 0.15) is 24.1 Å². The van der Waals surface area contributed by atoms with Gasteiger partial charge in [-0.1, -0.05) is 6.07 Å². The zero-order chi connectivity index (χ0) is 14.9. The number of rotatable bonds is 3. The Morgan fingerprint density at radius 3 is 2.65 bits per heavy atom. The van der Waals surface area contributed by atoms with E-state index >= 15 is 0 Å². The predicted octanol–water partition coefficient (Wildman–Crippen LogP) is -0.730. The average molecular weight is 285 g/mol. The number of benzene rings is 1. The minimum atomic E-state index is -1.43. The molecule has 0 aliphatic carbocycles. The van der Waals surface area contributed by atoms with Gasteiger partial charge in [-0.2, -0.15) is 0 Å². The standard InChI is InChI=1S/C13H16FNO5/c1-15(8-4-2-3-7(14)5-8)13(19)12-11(18)10(17)9(6-16)20-12/h2-5,9-12,16-18H,6H2,1H3. The quantitative estimate of drug-likeness (QED) is 0.681. The maximum atomic E-state index is 13.1. The molecule has 7 heteroatoms. The molecule has 0 aromatic heterocycles. The molecule has 0 spiro atoms. The Kier molecular flexibility index (Phi) is 4.34. The molecule has 1 aliphatic heterocycles. The van der Waals surface area contributed by atoms with Crippen molar-refractivity contribution < 1.29 is 29.2 Å². The zero-order valence-electron chi connectivity index (χ0n) is 10.8. The molecule has 1 fully saturated rings. The summed E-state index contributed by atoms with van der Waals surface area (Å²) < 4.78 is 18.3. The lowest BCUT2D eigenvalue weighted by Gasteiger charge is -2.22. The summed E-state index contributed by atoms with van der Waals surface area (Å²) in [6.07, 6.45) is -5.08. The van der Waals surface area contributed by atoms with E-state index in [0.29, 0.717) is 5.69 Å². The van der Waals surface area contributed by atoms with Crippen molar-refractivity contribution >= 4 is 11.6 Å². The number of carbonyl (C=O) groups is 1. The normalized spacial score (nSPS) is 29.4. The van der Waals surface area contributed by atoms with E-state index in [0.717, 1.165) is 4.90 Å². The van der Waals surface area contributed by atoms with Crippen LogP contribution in [0.3, 0.4) is 0 Å². The lowest BCUT2D eigenvalue weighted by molar-refractivity contribution is -0.133. The second-order valence-corrected chi connectivity index (χ2v) is 4.64. The van der Waals surface area contributed by atoms with E-state index in [2.05, 4.69) is 0 Å². The molecule has 4 unspecified atom stereocenters. The molecular formula is C13H16FNO5. The molecule has 0 saturated carbocycles. The fraction of sp³-hybridized carbons (Fsp3) is 0.462. The van der Waals surface area contributed by atoms with Crippen molar-refractivity contribution in [1.82, 2.24) is 0 Å². The summed E-state index contributed by atoms with van der Waals surface area (Å²) in [4.78, 5) is 13.3. The summed E-state index contributed by atoms with van der Waals surface area (Å²) in [7, 11) is 1.41. The van der Waals surface area contributed by atoms with Gasteiger partial charge in [0, 0.05) is 12.7 Å². The number of nitrogens with zero attached hydrogens (tertiary/aromatic N) is 1. The Morgan fingerprint density at radius 2 is 2.10 bits per heavy atom. The third kappa shape index (κ3) is 2.66. The molecular weight excluding hydrogens is 269 g/mol. The third-order valence-corrected chi connectivity index (χ3v) is 3.31. The molecule has 1 heterocycles. The van der Waals surface area contributed by atoms with Crippen molar-refractivity contribution in [3.63, 3.8) is 0 Å². The first-order chi connectivity index (χ1) is 9.45. The molecule has 0 bridgehead atoms. The van der Waals surface area contributed by atoms with Crippen LogP contribution in [0, 0.1) is 5.82 Å². The number of halogens is 1. The van der Waals surface area contributed by atoms with Crippen LogP contribution in [-0.2, 0) is 9.53 Å². The number of anilines is 1. The third-order valence-electron chi connectivity index (χ3n) is 3.31. The molecule has 110 valence electrons. The van der Waals surface area contributed by atoms with Gasteiger partial charge in [-0.25, -0.2) is 4.39 Å². The first kappa shape index (κ1) is 14.9. The van der Waals surface area contributed by atoms with Gasteiger partial charge < -0.3 is 25.0 Å². The molecule has 1 aromatic carbocycles. The van der Waals surface area contributed by atoms with Crippen LogP contribution in [0.5, 0.6) is 0 Å². The summed E-state index contributed by atoms with van der Waals surface area (Å²) in [6, 6.07) is 5.39. The molecule has 20 heavy (non-hydrogen) atoms. The Labute approximate surface area is 115 Å². The molecule has 0 radical (unpaired) electrons. The number of hydrogen-bond acceptors (Lipinski definition) is 5. The second-order valence-electron chi connectivity index (χ2n) is 4.64. The van der Waals surface area contributed by atoms with E-state index in [1.807, 2.05) is 0 Å². The van der Waals surface area contributed by atoms with Crippen LogP contribution in [0.1, 0.15) is 0 Å². The SMILES string of the molecule is CN(C(=O)C1OC(CO)C(O)C1O)c1cccc(F)c1. The highest BCUT2D eigenvalue weighted by Gasteiger charge is 2.47. The predicted molar refractivity (Wildman–Crippen MR) is 67.6 cm³/mol. The van der Waals surface area contributed by atoms with Crippen molar-refractivity contribution in [1.29, 1.82) is 0 Å². The maximum absolute atomic E-state index is 13.1. The lowest BCUT2D eigenvalue weighted by atomic mass is 10.1. The minimum Gasteiger partial charge on any atom is -0.394 e. The van der Waals surface area contributed by atoms with Gasteiger partial charge >= 0.3 is 0 Å². The van der Waals surface area contributed by atoms with Gasteiger partial charge in [0.2, 0.25) is 0 Å². The smallest absolute Gasteiger partial charge is 0.258 e. The molecule has 3 N–H and O–H groups in total. The van der Waals surface area contributed by atoms with E-state index in [-0.39, 0.29) is 0 Å². The van der Waals surface area contributed by atoms with Crippen molar-refractivity contribution in [3.05, 3.63) is 30.1 Å². The highest BCUT2D eigenvalue weighted by Crippen LogP contribution is 2.24. The fourth-order valence-corrected chi connectivity index (χ4v) is 2.11. The highest BCUT2D eigenvalue weighted by molar-refractivity contribution is 5.96. The monoisotopic (exact) mass is 285 g/mol. The molecule has 1 saturated heterocycles. The van der Waals surface area contributed by atoms with Crippen LogP contribution < -0.4 is 4.90 Å². The zero-order valence-corrected chi connectivity index (χ0v) is 10.8. The molecule has 2 rings (SSSR count). The van der Waals surface area contributed by atoms with E-state index in [1.54, 1.807) is 0 Å². The van der Waals surface area contributed by atoms with Gasteiger partial charge in [-0.3, -0.25) is 4.79 Å².